The first-order chi connectivity index (χ1) is 7.18. The second-order valence-corrected chi connectivity index (χ2v) is 3.35. The lowest BCUT2D eigenvalue weighted by atomic mass is 10.0. The molecule has 2 rings (SSSR count). The smallest absolute Gasteiger partial charge is 0.256 e. The summed E-state index contributed by atoms with van der Waals surface area (Å²) >= 11 is 0. The molecule has 0 spiro atoms. The van der Waals surface area contributed by atoms with E-state index in [0.29, 0.717) is 0 Å². The molecule has 0 saturated heterocycles. The minimum absolute atomic E-state index is 0.00463. The van der Waals surface area contributed by atoms with Crippen LogP contribution in [0.3, 0.4) is 0 Å². The van der Waals surface area contributed by atoms with Crippen LogP contribution in [0.15, 0.2) is 29.2 Å². The first-order valence-electron chi connectivity index (χ1n) is 5.27. The van der Waals surface area contributed by atoms with Gasteiger partial charge in [-0.05, 0) is 30.9 Å². The number of pyridine rings is 1. The van der Waals surface area contributed by atoms with Crippen molar-refractivity contribution < 1.29 is 0 Å². The summed E-state index contributed by atoms with van der Waals surface area (Å²) in [5.74, 6) is 0. The minimum Gasteiger partial charge on any atom is -0.329 e. The third-order valence-corrected chi connectivity index (χ3v) is 2.21. The fourth-order valence-corrected chi connectivity index (χ4v) is 1.72. The van der Waals surface area contributed by atoms with Crippen LogP contribution in [0.5, 0.6) is 0 Å². The average molecular weight is 203 g/mol. The Labute approximate surface area is 90.0 Å². The van der Waals surface area contributed by atoms with Gasteiger partial charge in [-0.2, -0.15) is 0 Å². The van der Waals surface area contributed by atoms with Gasteiger partial charge < -0.3 is 4.98 Å². The minimum atomic E-state index is -0.00463. The van der Waals surface area contributed by atoms with E-state index in [1.807, 2.05) is 45.9 Å². The van der Waals surface area contributed by atoms with Crippen molar-refractivity contribution in [2.24, 2.45) is 0 Å². The van der Waals surface area contributed by atoms with Crippen LogP contribution in [0.4, 0.5) is 0 Å². The molecule has 1 aromatic heterocycles. The van der Waals surface area contributed by atoms with Crippen LogP contribution in [-0.4, -0.2) is 4.98 Å². The number of nitrogens with one attached hydrogen (secondary N) is 1. The number of fused-ring (bicyclic) bond motifs is 1. The van der Waals surface area contributed by atoms with Gasteiger partial charge in [0.05, 0.1) is 0 Å². The predicted molar refractivity (Wildman–Crippen MR) is 65.4 cm³/mol. The van der Waals surface area contributed by atoms with E-state index in [2.05, 4.69) is 4.98 Å². The Morgan fingerprint density at radius 2 is 1.80 bits per heavy atom. The fourth-order valence-electron chi connectivity index (χ4n) is 1.72. The zero-order valence-corrected chi connectivity index (χ0v) is 9.72. The summed E-state index contributed by atoms with van der Waals surface area (Å²) in [6.45, 7) is 8.00. The monoisotopic (exact) mass is 203 g/mol. The van der Waals surface area contributed by atoms with Crippen molar-refractivity contribution in [3.63, 3.8) is 0 Å². The van der Waals surface area contributed by atoms with Gasteiger partial charge in [-0.15, -0.1) is 0 Å². The number of rotatable bonds is 0. The number of H-pyrrole nitrogens is 1. The molecule has 0 aliphatic heterocycles. The Bertz CT molecular complexity index is 511. The molecule has 0 aliphatic carbocycles. The first kappa shape index (κ1) is 11.5. The number of aromatic nitrogens is 1. The maximum Gasteiger partial charge on any atom is 0.256 e. The standard InChI is InChI=1S/C11H11NO.C2H6/c1-7-5-8(2)10-9(6-7)3-4-12-11(10)13;1-2/h3-6H,1-2H3,(H,12,13);1-2H3. The molecule has 0 radical (unpaired) electrons. The Hall–Kier alpha value is -1.57. The zero-order chi connectivity index (χ0) is 11.4. The molecular weight excluding hydrogens is 186 g/mol. The molecule has 1 heterocycles. The van der Waals surface area contributed by atoms with Gasteiger partial charge in [0.2, 0.25) is 0 Å². The van der Waals surface area contributed by atoms with Crippen LogP contribution < -0.4 is 5.56 Å². The summed E-state index contributed by atoms with van der Waals surface area (Å²) in [6, 6.07) is 5.98. The fraction of sp³-hybridized carbons (Fsp3) is 0.308. The highest BCUT2D eigenvalue weighted by Gasteiger charge is 2.01. The Morgan fingerprint density at radius 3 is 2.47 bits per heavy atom. The lowest BCUT2D eigenvalue weighted by Gasteiger charge is -2.01. The number of aryl methyl sites for hydroxylation is 2. The molecule has 2 nitrogen and oxygen atoms in total. The summed E-state index contributed by atoms with van der Waals surface area (Å²) in [5, 5.41) is 1.81. The van der Waals surface area contributed by atoms with Crippen molar-refractivity contribution in [2.75, 3.05) is 0 Å². The molecule has 0 aliphatic rings. The molecule has 15 heavy (non-hydrogen) atoms. The van der Waals surface area contributed by atoms with Crippen molar-refractivity contribution >= 4 is 10.8 Å². The van der Waals surface area contributed by atoms with Crippen LogP contribution in [0.1, 0.15) is 25.0 Å². The van der Waals surface area contributed by atoms with Gasteiger partial charge in [-0.25, -0.2) is 0 Å². The maximum absolute atomic E-state index is 11.5. The molecule has 80 valence electrons. The highest BCUT2D eigenvalue weighted by molar-refractivity contribution is 5.85. The van der Waals surface area contributed by atoms with E-state index in [1.165, 1.54) is 5.56 Å². The molecule has 2 aromatic rings. The van der Waals surface area contributed by atoms with Crippen molar-refractivity contribution in [3.8, 4) is 0 Å². The van der Waals surface area contributed by atoms with Crippen LogP contribution >= 0.6 is 0 Å². The maximum atomic E-state index is 11.5. The van der Waals surface area contributed by atoms with Crippen molar-refractivity contribution in [1.29, 1.82) is 0 Å². The van der Waals surface area contributed by atoms with E-state index in [-0.39, 0.29) is 5.56 Å². The van der Waals surface area contributed by atoms with Crippen LogP contribution in [0, 0.1) is 13.8 Å². The Balaban J connectivity index is 0.000000531. The normalized spacial score (nSPS) is 9.60. The topological polar surface area (TPSA) is 32.9 Å². The molecule has 0 bridgehead atoms. The van der Waals surface area contributed by atoms with Gasteiger partial charge in [-0.1, -0.05) is 31.5 Å². The summed E-state index contributed by atoms with van der Waals surface area (Å²) < 4.78 is 0. The zero-order valence-electron chi connectivity index (χ0n) is 9.72. The SMILES string of the molecule is CC.Cc1cc(C)c2c(=O)[nH]ccc2c1. The molecule has 0 fully saturated rings. The molecule has 0 unspecified atom stereocenters. The number of hydrogen-bond donors (Lipinski definition) is 1. The first-order valence-corrected chi connectivity index (χ1v) is 5.27. The second-order valence-electron chi connectivity index (χ2n) is 3.35. The Morgan fingerprint density at radius 1 is 1.13 bits per heavy atom. The summed E-state index contributed by atoms with van der Waals surface area (Å²) in [5.41, 5.74) is 2.22. The van der Waals surface area contributed by atoms with Gasteiger partial charge in [0, 0.05) is 11.6 Å². The van der Waals surface area contributed by atoms with Gasteiger partial charge in [0.25, 0.3) is 5.56 Å². The van der Waals surface area contributed by atoms with Crippen LogP contribution in [0.2, 0.25) is 0 Å². The van der Waals surface area contributed by atoms with E-state index in [1.54, 1.807) is 6.20 Å². The van der Waals surface area contributed by atoms with E-state index in [9.17, 15) is 4.79 Å². The number of benzene rings is 1. The molecule has 1 N–H and O–H groups in total. The molecule has 0 atom stereocenters. The van der Waals surface area contributed by atoms with Crippen molar-refractivity contribution in [2.45, 2.75) is 27.7 Å². The third kappa shape index (κ3) is 2.27. The van der Waals surface area contributed by atoms with Crippen molar-refractivity contribution in [3.05, 3.63) is 45.9 Å². The van der Waals surface area contributed by atoms with Crippen molar-refractivity contribution in [1.82, 2.24) is 4.98 Å². The average Bonchev–Trinajstić information content (AvgIpc) is 2.19. The summed E-state index contributed by atoms with van der Waals surface area (Å²) in [6.07, 6.45) is 1.68. The number of aromatic amines is 1. The lowest BCUT2D eigenvalue weighted by Crippen LogP contribution is -2.06. The molecule has 0 saturated carbocycles. The predicted octanol–water partition coefficient (Wildman–Crippen LogP) is 3.17. The summed E-state index contributed by atoms with van der Waals surface area (Å²) in [4.78, 5) is 14.1. The largest absolute Gasteiger partial charge is 0.329 e. The van der Waals surface area contributed by atoms with E-state index >= 15 is 0 Å². The van der Waals surface area contributed by atoms with Gasteiger partial charge in [0.15, 0.2) is 0 Å². The van der Waals surface area contributed by atoms with Gasteiger partial charge >= 0.3 is 0 Å². The molecular formula is C13H17NO. The highest BCUT2D eigenvalue weighted by Crippen LogP contribution is 2.15. The highest BCUT2D eigenvalue weighted by atomic mass is 16.1. The Kier molecular flexibility index (Phi) is 3.67. The quantitative estimate of drug-likeness (QED) is 0.701. The van der Waals surface area contributed by atoms with E-state index in [0.717, 1.165) is 16.3 Å². The number of hydrogen-bond acceptors (Lipinski definition) is 1. The van der Waals surface area contributed by atoms with Gasteiger partial charge in [0.1, 0.15) is 0 Å². The van der Waals surface area contributed by atoms with Gasteiger partial charge in [-0.3, -0.25) is 4.79 Å². The van der Waals surface area contributed by atoms with Crippen LogP contribution in [-0.2, 0) is 0 Å². The summed E-state index contributed by atoms with van der Waals surface area (Å²) in [7, 11) is 0. The third-order valence-electron chi connectivity index (χ3n) is 2.21. The lowest BCUT2D eigenvalue weighted by molar-refractivity contribution is 1.26. The molecule has 0 amide bonds. The molecule has 1 aromatic carbocycles. The molecule has 2 heteroatoms. The second kappa shape index (κ2) is 4.78. The van der Waals surface area contributed by atoms with E-state index < -0.39 is 0 Å². The van der Waals surface area contributed by atoms with E-state index in [4.69, 9.17) is 0 Å². The van der Waals surface area contributed by atoms with Crippen LogP contribution in [0.25, 0.3) is 10.8 Å².